The highest BCUT2D eigenvalue weighted by Gasteiger charge is 2.20. The van der Waals surface area contributed by atoms with Gasteiger partial charge in [0.1, 0.15) is 11.2 Å². The molecule has 1 aliphatic rings. The van der Waals surface area contributed by atoms with Crippen molar-refractivity contribution < 1.29 is 9.53 Å². The molecule has 0 saturated heterocycles. The van der Waals surface area contributed by atoms with Gasteiger partial charge in [-0.1, -0.05) is 19.3 Å². The Bertz CT molecular complexity index is 880. The molecule has 0 unspecified atom stereocenters. The van der Waals surface area contributed by atoms with E-state index >= 15 is 0 Å². The minimum absolute atomic E-state index is 0.0514. The summed E-state index contributed by atoms with van der Waals surface area (Å²) >= 11 is 0. The first-order valence-corrected chi connectivity index (χ1v) is 10.2. The second-order valence-corrected chi connectivity index (χ2v) is 8.62. The van der Waals surface area contributed by atoms with Crippen molar-refractivity contribution in [3.8, 4) is 0 Å². The predicted molar refractivity (Wildman–Crippen MR) is 115 cm³/mol. The standard InChI is InChI=1S/C11H21NO2.C10H12N4O/c1-11(2,3)14-10(13)12-9-7-5-4-6-8-9;1-6(2)14-8(15)4-3-7-5-12-10(11)13-9(7)14/h9H,4-8H2,1-3H3,(H,12,13);3-6H,1-2H3,(H2,11,12,13). The van der Waals surface area contributed by atoms with E-state index in [-0.39, 0.29) is 23.6 Å². The van der Waals surface area contributed by atoms with Crippen molar-refractivity contribution in [3.63, 3.8) is 0 Å². The molecule has 0 aliphatic heterocycles. The number of carbonyl (C=O) groups is 1. The molecule has 0 aromatic carbocycles. The third kappa shape index (κ3) is 7.03. The highest BCUT2D eigenvalue weighted by Crippen LogP contribution is 2.18. The van der Waals surface area contributed by atoms with Gasteiger partial charge in [0.15, 0.2) is 0 Å². The van der Waals surface area contributed by atoms with Gasteiger partial charge in [0.25, 0.3) is 5.56 Å². The average molecular weight is 404 g/mol. The monoisotopic (exact) mass is 403 g/mol. The van der Waals surface area contributed by atoms with Crippen molar-refractivity contribution in [1.82, 2.24) is 19.9 Å². The zero-order valence-electron chi connectivity index (χ0n) is 18.1. The molecule has 29 heavy (non-hydrogen) atoms. The third-order valence-corrected chi connectivity index (χ3v) is 4.53. The molecule has 0 spiro atoms. The van der Waals surface area contributed by atoms with Gasteiger partial charge in [0, 0.05) is 29.7 Å². The maximum absolute atomic E-state index is 11.6. The molecule has 0 radical (unpaired) electrons. The van der Waals surface area contributed by atoms with Gasteiger partial charge in [-0.05, 0) is 53.5 Å². The number of ether oxygens (including phenoxy) is 1. The second-order valence-electron chi connectivity index (χ2n) is 8.62. The lowest BCUT2D eigenvalue weighted by Gasteiger charge is -2.25. The molecule has 1 fully saturated rings. The first kappa shape index (κ1) is 22.6. The predicted octanol–water partition coefficient (Wildman–Crippen LogP) is 3.80. The molecule has 1 saturated carbocycles. The molecule has 1 amide bonds. The molecule has 2 aromatic heterocycles. The minimum atomic E-state index is -0.390. The van der Waals surface area contributed by atoms with Crippen LogP contribution in [0.1, 0.15) is 72.8 Å². The SMILES string of the molecule is CC(C)(C)OC(=O)NC1CCCCC1.CC(C)n1c(=O)ccc2cnc(N)nc21. The summed E-state index contributed by atoms with van der Waals surface area (Å²) in [7, 11) is 0. The van der Waals surface area contributed by atoms with Crippen molar-refractivity contribution in [2.75, 3.05) is 5.73 Å². The molecule has 1 aliphatic carbocycles. The van der Waals surface area contributed by atoms with E-state index in [9.17, 15) is 9.59 Å². The lowest BCUT2D eigenvalue weighted by molar-refractivity contribution is 0.0493. The fourth-order valence-electron chi connectivity index (χ4n) is 3.27. The fraction of sp³-hybridized carbons (Fsp3) is 0.619. The first-order valence-electron chi connectivity index (χ1n) is 10.2. The molecule has 160 valence electrons. The van der Waals surface area contributed by atoms with Crippen molar-refractivity contribution in [1.29, 1.82) is 0 Å². The number of nitrogens with two attached hydrogens (primary N) is 1. The molecule has 0 bridgehead atoms. The molecular formula is C21H33N5O3. The number of alkyl carbamates (subject to hydrolysis) is 1. The second kappa shape index (κ2) is 9.71. The number of nitrogens with zero attached hydrogens (tertiary/aromatic N) is 3. The van der Waals surface area contributed by atoms with Crippen LogP contribution in [0.4, 0.5) is 10.7 Å². The number of hydrogen-bond acceptors (Lipinski definition) is 6. The topological polar surface area (TPSA) is 112 Å². The highest BCUT2D eigenvalue weighted by atomic mass is 16.6. The van der Waals surface area contributed by atoms with Crippen molar-refractivity contribution in [3.05, 3.63) is 28.7 Å². The van der Waals surface area contributed by atoms with Gasteiger partial charge in [0.2, 0.25) is 5.95 Å². The smallest absolute Gasteiger partial charge is 0.407 e. The Labute approximate surface area is 171 Å². The Morgan fingerprint density at radius 3 is 2.48 bits per heavy atom. The number of anilines is 1. The van der Waals surface area contributed by atoms with Crippen LogP contribution < -0.4 is 16.6 Å². The molecule has 2 aromatic rings. The van der Waals surface area contributed by atoms with Gasteiger partial charge in [-0.25, -0.2) is 9.78 Å². The van der Waals surface area contributed by atoms with Gasteiger partial charge in [-0.2, -0.15) is 4.98 Å². The van der Waals surface area contributed by atoms with Crippen LogP contribution in [0.2, 0.25) is 0 Å². The zero-order chi connectivity index (χ0) is 21.6. The van der Waals surface area contributed by atoms with Crippen LogP contribution >= 0.6 is 0 Å². The summed E-state index contributed by atoms with van der Waals surface area (Å²) in [6.45, 7) is 9.51. The molecule has 2 heterocycles. The third-order valence-electron chi connectivity index (χ3n) is 4.53. The fourth-order valence-corrected chi connectivity index (χ4v) is 3.27. The van der Waals surface area contributed by atoms with E-state index in [4.69, 9.17) is 10.5 Å². The Morgan fingerprint density at radius 1 is 1.24 bits per heavy atom. The number of nitrogens with one attached hydrogen (secondary N) is 1. The Morgan fingerprint density at radius 2 is 1.90 bits per heavy atom. The number of nitrogen functional groups attached to an aromatic ring is 1. The summed E-state index contributed by atoms with van der Waals surface area (Å²) in [5, 5.41) is 3.73. The molecule has 0 atom stereocenters. The number of aromatic nitrogens is 3. The zero-order valence-corrected chi connectivity index (χ0v) is 18.1. The summed E-state index contributed by atoms with van der Waals surface area (Å²) in [5.74, 6) is 0.183. The van der Waals surface area contributed by atoms with Gasteiger partial charge in [-0.15, -0.1) is 0 Å². The van der Waals surface area contributed by atoms with Gasteiger partial charge in [-0.3, -0.25) is 9.36 Å². The minimum Gasteiger partial charge on any atom is -0.444 e. The van der Waals surface area contributed by atoms with Crippen molar-refractivity contribution in [2.45, 2.75) is 84.4 Å². The summed E-state index contributed by atoms with van der Waals surface area (Å²) in [6.07, 6.45) is 7.28. The first-order chi connectivity index (χ1) is 13.6. The summed E-state index contributed by atoms with van der Waals surface area (Å²) in [5.41, 5.74) is 5.63. The summed E-state index contributed by atoms with van der Waals surface area (Å²) in [6, 6.07) is 3.60. The molecular weight excluding hydrogens is 370 g/mol. The van der Waals surface area contributed by atoms with Crippen LogP contribution in [0.25, 0.3) is 11.0 Å². The van der Waals surface area contributed by atoms with E-state index in [0.29, 0.717) is 11.7 Å². The highest BCUT2D eigenvalue weighted by molar-refractivity contribution is 5.74. The van der Waals surface area contributed by atoms with Crippen LogP contribution in [0.5, 0.6) is 0 Å². The van der Waals surface area contributed by atoms with Gasteiger partial charge < -0.3 is 15.8 Å². The summed E-state index contributed by atoms with van der Waals surface area (Å²) in [4.78, 5) is 31.0. The van der Waals surface area contributed by atoms with Crippen LogP contribution in [0.15, 0.2) is 23.1 Å². The van der Waals surface area contributed by atoms with E-state index in [1.807, 2.05) is 34.6 Å². The van der Waals surface area contributed by atoms with E-state index in [2.05, 4.69) is 15.3 Å². The lowest BCUT2D eigenvalue weighted by atomic mass is 9.96. The van der Waals surface area contributed by atoms with E-state index in [0.717, 1.165) is 18.2 Å². The van der Waals surface area contributed by atoms with Crippen molar-refractivity contribution >= 4 is 23.1 Å². The van der Waals surface area contributed by atoms with E-state index in [1.165, 1.54) is 25.3 Å². The van der Waals surface area contributed by atoms with Crippen LogP contribution in [-0.2, 0) is 4.74 Å². The van der Waals surface area contributed by atoms with Crippen LogP contribution in [0, 0.1) is 0 Å². The van der Waals surface area contributed by atoms with E-state index in [1.54, 1.807) is 16.8 Å². The number of hydrogen-bond donors (Lipinski definition) is 2. The molecule has 8 nitrogen and oxygen atoms in total. The lowest BCUT2D eigenvalue weighted by Crippen LogP contribution is -2.39. The van der Waals surface area contributed by atoms with Crippen LogP contribution in [0.3, 0.4) is 0 Å². The van der Waals surface area contributed by atoms with Crippen molar-refractivity contribution in [2.24, 2.45) is 0 Å². The Balaban J connectivity index is 0.000000208. The summed E-state index contributed by atoms with van der Waals surface area (Å²) < 4.78 is 6.79. The maximum atomic E-state index is 11.6. The number of fused-ring (bicyclic) bond motifs is 1. The molecule has 3 rings (SSSR count). The maximum Gasteiger partial charge on any atom is 0.407 e. The number of amides is 1. The largest absolute Gasteiger partial charge is 0.444 e. The molecule has 8 heteroatoms. The Hall–Kier alpha value is -2.64. The van der Waals surface area contributed by atoms with Gasteiger partial charge in [0.05, 0.1) is 0 Å². The normalized spacial score (nSPS) is 15.0. The van der Waals surface area contributed by atoms with E-state index < -0.39 is 5.60 Å². The number of rotatable bonds is 2. The van der Waals surface area contributed by atoms with Crippen LogP contribution in [-0.4, -0.2) is 32.3 Å². The quantitative estimate of drug-likeness (QED) is 0.789. The van der Waals surface area contributed by atoms with Gasteiger partial charge >= 0.3 is 6.09 Å². The molecule has 3 N–H and O–H groups in total. The average Bonchev–Trinajstić information content (AvgIpc) is 2.60. The number of carbonyl (C=O) groups excluding carboxylic acids is 1. The number of pyridine rings is 1. The Kier molecular flexibility index (Phi) is 7.59.